The predicted octanol–water partition coefficient (Wildman–Crippen LogP) is 5.84. The third-order valence-electron chi connectivity index (χ3n) is 8.03. The zero-order valence-electron chi connectivity index (χ0n) is 19.1. The Morgan fingerprint density at radius 3 is 2.17 bits per heavy atom. The molecular formula is C27H43NO2. The van der Waals surface area contributed by atoms with Crippen molar-refractivity contribution < 1.29 is 9.84 Å². The van der Waals surface area contributed by atoms with Crippen molar-refractivity contribution in [1.82, 2.24) is 5.32 Å². The molecule has 3 nitrogen and oxygen atoms in total. The average Bonchev–Trinajstić information content (AvgIpc) is 2.73. The third kappa shape index (κ3) is 5.59. The van der Waals surface area contributed by atoms with Crippen LogP contribution in [0.5, 0.6) is 5.75 Å². The fraction of sp³-hybridized carbons (Fsp3) is 0.778. The summed E-state index contributed by atoms with van der Waals surface area (Å²) in [6, 6.07) is 8.88. The summed E-state index contributed by atoms with van der Waals surface area (Å²) in [4.78, 5) is 0. The van der Waals surface area contributed by atoms with Gasteiger partial charge in [0.25, 0.3) is 0 Å². The second-order valence-corrected chi connectivity index (χ2v) is 10.7. The molecule has 4 fully saturated rings. The number of rotatable bonds is 13. The molecule has 2 N–H and O–H groups in total. The Morgan fingerprint density at radius 1 is 0.933 bits per heavy atom. The summed E-state index contributed by atoms with van der Waals surface area (Å²) in [5.74, 6) is 3.82. The molecule has 3 heteroatoms. The molecular weight excluding hydrogens is 370 g/mol. The molecule has 0 aromatic heterocycles. The molecule has 30 heavy (non-hydrogen) atoms. The maximum atomic E-state index is 10.2. The van der Waals surface area contributed by atoms with Gasteiger partial charge in [0.05, 0.1) is 0 Å². The highest BCUT2D eigenvalue weighted by molar-refractivity contribution is 5.34. The van der Waals surface area contributed by atoms with Gasteiger partial charge in [-0.15, -0.1) is 0 Å². The lowest BCUT2D eigenvalue weighted by Crippen LogP contribution is -2.48. The predicted molar refractivity (Wildman–Crippen MR) is 124 cm³/mol. The van der Waals surface area contributed by atoms with Crippen LogP contribution in [-0.2, 0) is 5.41 Å². The molecule has 4 saturated carbocycles. The zero-order valence-corrected chi connectivity index (χ0v) is 19.1. The molecule has 0 saturated heterocycles. The van der Waals surface area contributed by atoms with E-state index in [0.29, 0.717) is 18.6 Å². The molecule has 0 heterocycles. The molecule has 168 valence electrons. The van der Waals surface area contributed by atoms with Gasteiger partial charge in [-0.1, -0.05) is 51.2 Å². The highest BCUT2D eigenvalue weighted by atomic mass is 16.5. The van der Waals surface area contributed by atoms with Gasteiger partial charge in [0.2, 0.25) is 0 Å². The minimum Gasteiger partial charge on any atom is -0.491 e. The summed E-state index contributed by atoms with van der Waals surface area (Å²) in [5, 5.41) is 13.6. The first-order valence-corrected chi connectivity index (χ1v) is 12.8. The maximum absolute atomic E-state index is 10.2. The normalized spacial score (nSPS) is 30.5. The highest BCUT2D eigenvalue weighted by Crippen LogP contribution is 2.60. The van der Waals surface area contributed by atoms with E-state index in [-0.39, 0.29) is 0 Å². The van der Waals surface area contributed by atoms with Gasteiger partial charge in [-0.2, -0.15) is 0 Å². The van der Waals surface area contributed by atoms with Crippen molar-refractivity contribution in [2.75, 3.05) is 19.7 Å². The topological polar surface area (TPSA) is 41.5 Å². The van der Waals surface area contributed by atoms with Gasteiger partial charge in [0, 0.05) is 6.54 Å². The lowest BCUT2D eigenvalue weighted by atomic mass is 9.48. The van der Waals surface area contributed by atoms with Crippen LogP contribution in [0, 0.1) is 17.8 Å². The summed E-state index contributed by atoms with van der Waals surface area (Å²) in [5.41, 5.74) is 1.99. The van der Waals surface area contributed by atoms with Crippen LogP contribution < -0.4 is 10.1 Å². The number of nitrogens with one attached hydrogen (secondary N) is 1. The SMILES string of the molecule is CCCCCCCCNCC(O)COc1ccc(C23CC4CC(CC(C4)C2)C3)cc1. The standard InChI is InChI=1S/C27H43NO2/c1-2-3-4-5-6-7-12-28-19-25(29)20-30-26-10-8-24(9-11-26)27-16-21-13-22(17-27)15-23(14-21)18-27/h8-11,21-23,25,28-29H,2-7,12-20H2,1H3. The molecule has 5 rings (SSSR count). The number of hydrogen-bond acceptors (Lipinski definition) is 3. The molecule has 4 bridgehead atoms. The minimum absolute atomic E-state index is 0.361. The molecule has 0 radical (unpaired) electrons. The molecule has 1 aromatic rings. The van der Waals surface area contributed by atoms with Crippen LogP contribution in [0.2, 0.25) is 0 Å². The van der Waals surface area contributed by atoms with Crippen LogP contribution in [0.4, 0.5) is 0 Å². The largest absolute Gasteiger partial charge is 0.491 e. The molecule has 0 aliphatic heterocycles. The summed E-state index contributed by atoms with van der Waals surface area (Å²) in [6.45, 7) is 4.21. The first kappa shape index (κ1) is 22.1. The van der Waals surface area contributed by atoms with Crippen LogP contribution in [0.15, 0.2) is 24.3 Å². The van der Waals surface area contributed by atoms with E-state index >= 15 is 0 Å². The van der Waals surface area contributed by atoms with E-state index < -0.39 is 6.10 Å². The van der Waals surface area contributed by atoms with Gasteiger partial charge in [-0.3, -0.25) is 0 Å². The van der Waals surface area contributed by atoms with Crippen molar-refractivity contribution in [3.63, 3.8) is 0 Å². The third-order valence-corrected chi connectivity index (χ3v) is 8.03. The Labute approximate surface area is 184 Å². The second-order valence-electron chi connectivity index (χ2n) is 10.7. The number of hydrogen-bond donors (Lipinski definition) is 2. The zero-order chi connectivity index (χ0) is 20.8. The monoisotopic (exact) mass is 413 g/mol. The summed E-state index contributed by atoms with van der Waals surface area (Å²) in [6.07, 6.45) is 16.1. The molecule has 1 atom stereocenters. The van der Waals surface area contributed by atoms with Crippen LogP contribution in [0.1, 0.15) is 89.5 Å². The molecule has 4 aliphatic rings. The van der Waals surface area contributed by atoms with E-state index in [9.17, 15) is 5.11 Å². The maximum Gasteiger partial charge on any atom is 0.119 e. The van der Waals surface area contributed by atoms with Crippen molar-refractivity contribution >= 4 is 0 Å². The first-order chi connectivity index (χ1) is 14.7. The minimum atomic E-state index is -0.451. The Morgan fingerprint density at radius 2 is 1.53 bits per heavy atom. The van der Waals surface area contributed by atoms with Gasteiger partial charge >= 0.3 is 0 Å². The van der Waals surface area contributed by atoms with Gasteiger partial charge in [0.1, 0.15) is 18.5 Å². The van der Waals surface area contributed by atoms with Gasteiger partial charge in [-0.05, 0) is 92.4 Å². The Kier molecular flexibility index (Phi) is 7.75. The van der Waals surface area contributed by atoms with Crippen molar-refractivity contribution in [2.45, 2.75) is 95.5 Å². The highest BCUT2D eigenvalue weighted by Gasteiger charge is 2.51. The lowest BCUT2D eigenvalue weighted by Gasteiger charge is -2.57. The average molecular weight is 414 g/mol. The van der Waals surface area contributed by atoms with E-state index in [1.165, 1.54) is 82.6 Å². The van der Waals surface area contributed by atoms with Crippen LogP contribution in [0.25, 0.3) is 0 Å². The Bertz CT molecular complexity index is 605. The quantitative estimate of drug-likeness (QED) is 0.399. The fourth-order valence-corrected chi connectivity index (χ4v) is 6.92. The van der Waals surface area contributed by atoms with E-state index in [1.807, 2.05) is 0 Å². The van der Waals surface area contributed by atoms with Crippen LogP contribution >= 0.6 is 0 Å². The van der Waals surface area contributed by atoms with E-state index in [0.717, 1.165) is 30.0 Å². The second kappa shape index (κ2) is 10.5. The first-order valence-electron chi connectivity index (χ1n) is 12.8. The van der Waals surface area contributed by atoms with Gasteiger partial charge in [0.15, 0.2) is 0 Å². The lowest BCUT2D eigenvalue weighted by molar-refractivity contribution is -0.00521. The van der Waals surface area contributed by atoms with Crippen molar-refractivity contribution in [3.05, 3.63) is 29.8 Å². The fourth-order valence-electron chi connectivity index (χ4n) is 6.92. The summed E-state index contributed by atoms with van der Waals surface area (Å²) in [7, 11) is 0. The smallest absolute Gasteiger partial charge is 0.119 e. The summed E-state index contributed by atoms with van der Waals surface area (Å²) < 4.78 is 5.87. The van der Waals surface area contributed by atoms with E-state index in [2.05, 4.69) is 36.5 Å². The van der Waals surface area contributed by atoms with Gasteiger partial charge in [-0.25, -0.2) is 0 Å². The number of benzene rings is 1. The van der Waals surface area contributed by atoms with E-state index in [4.69, 9.17) is 4.74 Å². The molecule has 4 aliphatic carbocycles. The van der Waals surface area contributed by atoms with Crippen LogP contribution in [-0.4, -0.2) is 30.9 Å². The van der Waals surface area contributed by atoms with Crippen molar-refractivity contribution in [1.29, 1.82) is 0 Å². The van der Waals surface area contributed by atoms with E-state index in [1.54, 1.807) is 0 Å². The molecule has 1 aromatic carbocycles. The summed E-state index contributed by atoms with van der Waals surface area (Å²) >= 11 is 0. The molecule has 0 amide bonds. The van der Waals surface area contributed by atoms with Crippen molar-refractivity contribution in [2.24, 2.45) is 17.8 Å². The number of ether oxygens (including phenoxy) is 1. The Hall–Kier alpha value is -1.06. The number of aliphatic hydroxyl groups is 1. The molecule has 0 spiro atoms. The molecule has 1 unspecified atom stereocenters. The van der Waals surface area contributed by atoms with Crippen molar-refractivity contribution in [3.8, 4) is 5.75 Å². The number of aliphatic hydroxyl groups excluding tert-OH is 1. The Balaban J connectivity index is 1.15. The van der Waals surface area contributed by atoms with Gasteiger partial charge < -0.3 is 15.2 Å². The van der Waals surface area contributed by atoms with Crippen LogP contribution in [0.3, 0.4) is 0 Å². The number of unbranched alkanes of at least 4 members (excludes halogenated alkanes) is 5.